The Hall–Kier alpha value is 4.44. The van der Waals surface area contributed by atoms with Crippen LogP contribution in [-0.2, 0) is 0 Å². The number of halogens is 2. The molecule has 0 atom stereocenters. The molecule has 1 rings (SSSR count). The van der Waals surface area contributed by atoms with Crippen LogP contribution in [0.3, 0.4) is 0 Å². The first-order valence-corrected chi connectivity index (χ1v) is 3.73. The van der Waals surface area contributed by atoms with E-state index in [1.54, 1.807) is 0 Å². The summed E-state index contributed by atoms with van der Waals surface area (Å²) in [6.45, 7) is 1.48. The summed E-state index contributed by atoms with van der Waals surface area (Å²) in [5.41, 5.74) is -0.215. The Morgan fingerprint density at radius 1 is 1.00 bits per heavy atom. The van der Waals surface area contributed by atoms with Crippen LogP contribution >= 0.6 is 0 Å². The molecule has 0 radical (unpaired) electrons. The number of aromatic hydroxyl groups is 1. The van der Waals surface area contributed by atoms with Crippen LogP contribution in [-0.4, -0.2) is 27.3 Å². The second-order valence-electron chi connectivity index (χ2n) is 2.79. The van der Waals surface area contributed by atoms with Gasteiger partial charge in [0, 0.05) is 0 Å². The monoisotopic (exact) mass is 528 g/mol. The maximum absolute atomic E-state index is 10.6. The van der Waals surface area contributed by atoms with Crippen molar-refractivity contribution in [3.63, 3.8) is 0 Å². The van der Waals surface area contributed by atoms with Crippen molar-refractivity contribution in [3.8, 4) is 5.75 Å². The molecular formula is C9H10BrIK2Na2O5. The average molecular weight is 529 g/mol. The first-order valence-electron chi connectivity index (χ1n) is 3.73. The Morgan fingerprint density at radius 3 is 1.65 bits per heavy atom. The van der Waals surface area contributed by atoms with Crippen LogP contribution in [0.5, 0.6) is 5.75 Å². The van der Waals surface area contributed by atoms with Crippen molar-refractivity contribution < 1.29 is 231 Å². The van der Waals surface area contributed by atoms with Crippen LogP contribution in [0.25, 0.3) is 0 Å². The number of carboxylic acid groups (broad SMARTS) is 2. The van der Waals surface area contributed by atoms with Crippen molar-refractivity contribution in [3.05, 3.63) is 28.8 Å². The van der Waals surface area contributed by atoms with E-state index < -0.39 is 23.3 Å². The summed E-state index contributed by atoms with van der Waals surface area (Å²) in [6, 6.07) is 2.06. The smallest absolute Gasteiger partial charge is 1.00 e. The van der Waals surface area contributed by atoms with Gasteiger partial charge < -0.3 is 59.1 Å². The Kier molecular flexibility index (Phi) is 39.0. The van der Waals surface area contributed by atoms with Crippen LogP contribution in [0.4, 0.5) is 0 Å². The molecule has 0 unspecified atom stereocenters. The van der Waals surface area contributed by atoms with Crippen LogP contribution < -0.4 is 203 Å². The topological polar surface area (TPSA) is 94.8 Å². The number of carbonyl (C=O) groups is 2. The molecule has 11 heteroatoms. The summed E-state index contributed by atoms with van der Waals surface area (Å²) in [7, 11) is 0. The summed E-state index contributed by atoms with van der Waals surface area (Å²) in [6.07, 6.45) is 0. The van der Waals surface area contributed by atoms with Gasteiger partial charge in [0.05, 0.1) is 5.56 Å². The van der Waals surface area contributed by atoms with Gasteiger partial charge in [-0.1, -0.05) is 0 Å². The summed E-state index contributed by atoms with van der Waals surface area (Å²) < 4.78 is 0. The van der Waals surface area contributed by atoms with Crippen molar-refractivity contribution >= 4 is 11.9 Å². The molecule has 0 heterocycles. The van der Waals surface area contributed by atoms with Gasteiger partial charge in [0.15, 0.2) is 0 Å². The van der Waals surface area contributed by atoms with Gasteiger partial charge in [0.1, 0.15) is 11.3 Å². The van der Waals surface area contributed by atoms with Gasteiger partial charge in [-0.3, -0.25) is 0 Å². The maximum Gasteiger partial charge on any atom is 1.00 e. The number of phenols is 1. The van der Waals surface area contributed by atoms with Crippen molar-refractivity contribution in [2.45, 2.75) is 6.92 Å². The van der Waals surface area contributed by atoms with Gasteiger partial charge in [-0.25, -0.2) is 9.59 Å². The zero-order chi connectivity index (χ0) is 10.9. The quantitative estimate of drug-likeness (QED) is 0.262. The normalized spacial score (nSPS) is 6.85. The second-order valence-corrected chi connectivity index (χ2v) is 2.79. The average Bonchev–Trinajstić information content (AvgIpc) is 2.02. The van der Waals surface area contributed by atoms with E-state index in [1.165, 1.54) is 6.92 Å². The number of rotatable bonds is 2. The number of benzene rings is 1. The van der Waals surface area contributed by atoms with Gasteiger partial charge in [0.25, 0.3) is 0 Å². The van der Waals surface area contributed by atoms with E-state index >= 15 is 0 Å². The van der Waals surface area contributed by atoms with Crippen LogP contribution in [0.2, 0.25) is 0 Å². The molecule has 0 bridgehead atoms. The Bertz CT molecular complexity index is 411. The first-order chi connectivity index (χ1) is 6.43. The van der Waals surface area contributed by atoms with E-state index in [2.05, 4.69) is 0 Å². The number of aromatic carboxylic acids is 2. The molecule has 0 saturated carbocycles. The first kappa shape index (κ1) is 39.5. The summed E-state index contributed by atoms with van der Waals surface area (Å²) >= 11 is 0. The summed E-state index contributed by atoms with van der Waals surface area (Å²) in [5.74, 6) is -3.00. The molecule has 0 fully saturated rings. The molecule has 1 aromatic rings. The Balaban J connectivity index is -0.0000000408. The van der Waals surface area contributed by atoms with E-state index in [-0.39, 0.29) is 211 Å². The number of hydrogen-bond acceptors (Lipinski definition) is 3. The van der Waals surface area contributed by atoms with Crippen LogP contribution in [0.15, 0.2) is 12.1 Å². The molecule has 0 aromatic heterocycles. The standard InChI is InChI=1S/C9H8O5.BrH.HI.2K.2Na.2H/c1-4-2-7(10)6(9(13)14)3-5(4)8(11)12;;;;;;;;/h2-3,10H,1H3,(H,11,12)(H,13,14);2*1H;;;;;;/q;;;4*+1;2*-1/p-2. The molecule has 1 aromatic carbocycles. The molecular weight excluding hydrogens is 519 g/mol. The predicted octanol–water partition coefficient (Wildman–Crippen LogP) is -16.7. The fourth-order valence-corrected chi connectivity index (χ4v) is 1.09. The van der Waals surface area contributed by atoms with E-state index in [0.717, 1.165) is 12.1 Å². The minimum atomic E-state index is -1.36. The minimum absolute atomic E-state index is 0. The molecule has 3 N–H and O–H groups in total. The van der Waals surface area contributed by atoms with Crippen molar-refractivity contribution in [1.29, 1.82) is 0 Å². The van der Waals surface area contributed by atoms with Crippen molar-refractivity contribution in [1.82, 2.24) is 0 Å². The van der Waals surface area contributed by atoms with E-state index in [1.807, 2.05) is 0 Å². The van der Waals surface area contributed by atoms with E-state index in [0.29, 0.717) is 5.56 Å². The molecule has 20 heavy (non-hydrogen) atoms. The Labute approximate surface area is 277 Å². The second kappa shape index (κ2) is 19.8. The number of hydrogen-bond donors (Lipinski definition) is 3. The molecule has 0 amide bonds. The van der Waals surface area contributed by atoms with Crippen molar-refractivity contribution in [2.24, 2.45) is 0 Å². The maximum atomic E-state index is 10.6. The van der Waals surface area contributed by atoms with Gasteiger partial charge in [-0.05, 0) is 24.6 Å². The molecule has 0 aliphatic heterocycles. The van der Waals surface area contributed by atoms with E-state index in [9.17, 15) is 14.7 Å². The Morgan fingerprint density at radius 2 is 1.35 bits per heavy atom. The van der Waals surface area contributed by atoms with Gasteiger partial charge in [-0.15, -0.1) is 0 Å². The minimum Gasteiger partial charge on any atom is -1.00 e. The van der Waals surface area contributed by atoms with Crippen LogP contribution in [0, 0.1) is 6.92 Å². The summed E-state index contributed by atoms with van der Waals surface area (Å²) in [4.78, 5) is 21.2. The third-order valence-electron chi connectivity index (χ3n) is 1.80. The zero-order valence-corrected chi connectivity index (χ0v) is 26.1. The molecule has 0 saturated heterocycles. The van der Waals surface area contributed by atoms with E-state index in [4.69, 9.17) is 10.2 Å². The third kappa shape index (κ3) is 12.8. The molecule has 5 nitrogen and oxygen atoms in total. The molecule has 0 aliphatic carbocycles. The molecule has 0 spiro atoms. The summed E-state index contributed by atoms with van der Waals surface area (Å²) in [5, 5.41) is 26.5. The van der Waals surface area contributed by atoms with Gasteiger partial charge in [-0.2, -0.15) is 0 Å². The third-order valence-corrected chi connectivity index (χ3v) is 1.80. The van der Waals surface area contributed by atoms with Gasteiger partial charge >= 0.3 is 174 Å². The molecule has 94 valence electrons. The van der Waals surface area contributed by atoms with Gasteiger partial charge in [0.2, 0.25) is 0 Å². The number of carboxylic acids is 2. The fourth-order valence-electron chi connectivity index (χ4n) is 1.09. The fraction of sp³-hybridized carbons (Fsp3) is 0.111. The predicted molar refractivity (Wildman–Crippen MR) is 49.0 cm³/mol. The zero-order valence-electron chi connectivity index (χ0n) is 14.1. The largest absolute Gasteiger partial charge is 1.00 e. The SMILES string of the molecule is Cc1cc(O)c(C(=O)O)cc1C(=O)O.[Br-].[H-].[H-].[I-].[K+].[K+].[Na+].[Na+]. The van der Waals surface area contributed by atoms with Crippen LogP contribution in [0.1, 0.15) is 29.1 Å². The van der Waals surface area contributed by atoms with Crippen molar-refractivity contribution in [2.75, 3.05) is 0 Å². The molecule has 0 aliphatic rings. The number of aryl methyl sites for hydroxylation is 1.